The number of benzene rings is 2. The Morgan fingerprint density at radius 2 is 1.77 bits per heavy atom. The summed E-state index contributed by atoms with van der Waals surface area (Å²) < 4.78 is 5.60. The maximum absolute atomic E-state index is 12.3. The molecule has 0 aliphatic heterocycles. The Hall–Kier alpha value is -2.37. The molecule has 5 heteroatoms. The van der Waals surface area contributed by atoms with Crippen molar-refractivity contribution in [1.82, 2.24) is 5.32 Å². The van der Waals surface area contributed by atoms with E-state index in [1.165, 1.54) is 0 Å². The first-order valence-electron chi connectivity index (χ1n) is 8.90. The standard InChI is InChI=1S/C21H27NO4/c1-16(14-23)26-15-19(13-18-7-10-20(24)11-8-18)22-21(25)12-9-17-5-3-2-4-6-17/h2-8,10-11,16,19,23-24H,9,12-15H2,1H3,(H,22,25)/t16-,19-/m0/s1. The second kappa shape index (κ2) is 10.6. The summed E-state index contributed by atoms with van der Waals surface area (Å²) in [7, 11) is 0. The van der Waals surface area contributed by atoms with Gasteiger partial charge in [0.25, 0.3) is 0 Å². The lowest BCUT2D eigenvalue weighted by atomic mass is 10.1. The molecule has 2 rings (SSSR count). The second-order valence-electron chi connectivity index (χ2n) is 6.45. The van der Waals surface area contributed by atoms with Gasteiger partial charge in [0, 0.05) is 6.42 Å². The summed E-state index contributed by atoms with van der Waals surface area (Å²) in [5, 5.41) is 21.5. The molecule has 0 saturated heterocycles. The third-order valence-corrected chi connectivity index (χ3v) is 4.11. The fourth-order valence-corrected chi connectivity index (χ4v) is 2.60. The van der Waals surface area contributed by atoms with Crippen molar-refractivity contribution < 1.29 is 19.7 Å². The Labute approximate surface area is 154 Å². The molecule has 2 aromatic carbocycles. The van der Waals surface area contributed by atoms with E-state index < -0.39 is 0 Å². The van der Waals surface area contributed by atoms with Crippen LogP contribution in [0.4, 0.5) is 0 Å². The number of aromatic hydroxyl groups is 1. The van der Waals surface area contributed by atoms with Crippen LogP contribution < -0.4 is 5.32 Å². The molecule has 5 nitrogen and oxygen atoms in total. The normalized spacial score (nSPS) is 13.2. The van der Waals surface area contributed by atoms with E-state index >= 15 is 0 Å². The zero-order chi connectivity index (χ0) is 18.8. The fourth-order valence-electron chi connectivity index (χ4n) is 2.60. The van der Waals surface area contributed by atoms with Crippen LogP contribution in [0.25, 0.3) is 0 Å². The van der Waals surface area contributed by atoms with Crippen molar-refractivity contribution in [2.24, 2.45) is 0 Å². The van der Waals surface area contributed by atoms with Gasteiger partial charge in [-0.15, -0.1) is 0 Å². The van der Waals surface area contributed by atoms with Gasteiger partial charge >= 0.3 is 0 Å². The van der Waals surface area contributed by atoms with Crippen LogP contribution in [0.2, 0.25) is 0 Å². The average molecular weight is 357 g/mol. The number of ether oxygens (including phenoxy) is 1. The van der Waals surface area contributed by atoms with Crippen LogP contribution in [-0.2, 0) is 22.4 Å². The van der Waals surface area contributed by atoms with Crippen molar-refractivity contribution >= 4 is 5.91 Å². The highest BCUT2D eigenvalue weighted by atomic mass is 16.5. The van der Waals surface area contributed by atoms with Crippen LogP contribution >= 0.6 is 0 Å². The number of rotatable bonds is 10. The lowest BCUT2D eigenvalue weighted by Crippen LogP contribution is -2.41. The van der Waals surface area contributed by atoms with E-state index in [1.54, 1.807) is 19.1 Å². The molecule has 3 N–H and O–H groups in total. The third-order valence-electron chi connectivity index (χ3n) is 4.11. The fraction of sp³-hybridized carbons (Fsp3) is 0.381. The van der Waals surface area contributed by atoms with E-state index in [2.05, 4.69) is 5.32 Å². The molecule has 0 aliphatic carbocycles. The highest BCUT2D eigenvalue weighted by Gasteiger charge is 2.15. The van der Waals surface area contributed by atoms with Gasteiger partial charge in [0.05, 0.1) is 25.4 Å². The maximum Gasteiger partial charge on any atom is 0.220 e. The number of nitrogens with one attached hydrogen (secondary N) is 1. The molecule has 0 radical (unpaired) electrons. The number of amides is 1. The number of aliphatic hydroxyl groups is 1. The Bertz CT molecular complexity index is 657. The molecule has 0 unspecified atom stereocenters. The van der Waals surface area contributed by atoms with Crippen LogP contribution in [0.3, 0.4) is 0 Å². The molecule has 0 aliphatic rings. The predicted octanol–water partition coefficient (Wildman–Crippen LogP) is 2.45. The number of aliphatic hydroxyl groups excluding tert-OH is 1. The van der Waals surface area contributed by atoms with Crippen molar-refractivity contribution in [3.8, 4) is 5.75 Å². The summed E-state index contributed by atoms with van der Waals surface area (Å²) in [6.45, 7) is 2.04. The summed E-state index contributed by atoms with van der Waals surface area (Å²) in [5.74, 6) is 0.181. The monoisotopic (exact) mass is 357 g/mol. The van der Waals surface area contributed by atoms with Crippen molar-refractivity contribution in [3.05, 3.63) is 65.7 Å². The highest BCUT2D eigenvalue weighted by Crippen LogP contribution is 2.12. The molecule has 140 valence electrons. The molecule has 0 heterocycles. The number of phenols is 1. The molecule has 0 bridgehead atoms. The molecule has 26 heavy (non-hydrogen) atoms. The summed E-state index contributed by atoms with van der Waals surface area (Å²) in [6, 6.07) is 16.6. The smallest absolute Gasteiger partial charge is 0.220 e. The second-order valence-corrected chi connectivity index (χ2v) is 6.45. The van der Waals surface area contributed by atoms with Gasteiger partial charge in [-0.1, -0.05) is 42.5 Å². The summed E-state index contributed by atoms with van der Waals surface area (Å²) in [6.07, 6.45) is 1.41. The predicted molar refractivity (Wildman–Crippen MR) is 101 cm³/mol. The van der Waals surface area contributed by atoms with Crippen molar-refractivity contribution in [3.63, 3.8) is 0 Å². The van der Waals surface area contributed by atoms with E-state index in [1.807, 2.05) is 42.5 Å². The Kier molecular flexibility index (Phi) is 8.12. The molecular formula is C21H27NO4. The van der Waals surface area contributed by atoms with Crippen LogP contribution in [-0.4, -0.2) is 41.5 Å². The van der Waals surface area contributed by atoms with Gasteiger partial charge in [0.1, 0.15) is 5.75 Å². The number of phenolic OH excluding ortho intramolecular Hbond substituents is 1. The first kappa shape index (κ1) is 19.9. The highest BCUT2D eigenvalue weighted by molar-refractivity contribution is 5.76. The van der Waals surface area contributed by atoms with Crippen molar-refractivity contribution in [1.29, 1.82) is 0 Å². The topological polar surface area (TPSA) is 78.8 Å². The number of aryl methyl sites for hydroxylation is 1. The van der Waals surface area contributed by atoms with Crippen LogP contribution in [0.15, 0.2) is 54.6 Å². The molecule has 0 spiro atoms. The zero-order valence-electron chi connectivity index (χ0n) is 15.1. The Morgan fingerprint density at radius 1 is 1.08 bits per heavy atom. The summed E-state index contributed by atoms with van der Waals surface area (Å²) in [5.41, 5.74) is 2.12. The van der Waals surface area contributed by atoms with E-state index in [-0.39, 0.29) is 30.4 Å². The zero-order valence-corrected chi connectivity index (χ0v) is 15.1. The number of hydrogen-bond acceptors (Lipinski definition) is 4. The van der Waals surface area contributed by atoms with Crippen molar-refractivity contribution in [2.75, 3.05) is 13.2 Å². The maximum atomic E-state index is 12.3. The van der Waals surface area contributed by atoms with Gasteiger partial charge < -0.3 is 20.3 Å². The minimum Gasteiger partial charge on any atom is -0.508 e. The van der Waals surface area contributed by atoms with Crippen LogP contribution in [0.1, 0.15) is 24.5 Å². The molecule has 1 amide bonds. The molecular weight excluding hydrogens is 330 g/mol. The van der Waals surface area contributed by atoms with Gasteiger partial charge in [-0.05, 0) is 43.0 Å². The first-order chi connectivity index (χ1) is 12.6. The molecule has 0 aromatic heterocycles. The van der Waals surface area contributed by atoms with E-state index in [4.69, 9.17) is 9.84 Å². The SMILES string of the molecule is C[C@@H](CO)OC[C@H](Cc1ccc(O)cc1)NC(=O)CCc1ccccc1. The quantitative estimate of drug-likeness (QED) is 0.610. The Balaban J connectivity index is 1.91. The van der Waals surface area contributed by atoms with E-state index in [9.17, 15) is 9.90 Å². The van der Waals surface area contributed by atoms with Crippen LogP contribution in [0, 0.1) is 0 Å². The van der Waals surface area contributed by atoms with Gasteiger partial charge in [-0.2, -0.15) is 0 Å². The minimum atomic E-state index is -0.279. The van der Waals surface area contributed by atoms with Gasteiger partial charge in [-0.25, -0.2) is 0 Å². The lowest BCUT2D eigenvalue weighted by molar-refractivity contribution is -0.122. The largest absolute Gasteiger partial charge is 0.508 e. The van der Waals surface area contributed by atoms with Gasteiger partial charge in [0.15, 0.2) is 0 Å². The summed E-state index contributed by atoms with van der Waals surface area (Å²) in [4.78, 5) is 12.3. The van der Waals surface area contributed by atoms with E-state index in [0.29, 0.717) is 25.9 Å². The van der Waals surface area contributed by atoms with Gasteiger partial charge in [-0.3, -0.25) is 4.79 Å². The average Bonchev–Trinajstić information content (AvgIpc) is 2.66. The third kappa shape index (κ3) is 7.25. The molecule has 2 atom stereocenters. The van der Waals surface area contributed by atoms with Crippen molar-refractivity contribution in [2.45, 2.75) is 38.3 Å². The number of hydrogen-bond donors (Lipinski definition) is 3. The van der Waals surface area contributed by atoms with Crippen LogP contribution in [0.5, 0.6) is 5.75 Å². The minimum absolute atomic E-state index is 0.0297. The van der Waals surface area contributed by atoms with E-state index in [0.717, 1.165) is 11.1 Å². The summed E-state index contributed by atoms with van der Waals surface area (Å²) >= 11 is 0. The number of carbonyl (C=O) groups is 1. The number of carbonyl (C=O) groups excluding carboxylic acids is 1. The lowest BCUT2D eigenvalue weighted by Gasteiger charge is -2.21. The first-order valence-corrected chi connectivity index (χ1v) is 8.90. The molecule has 2 aromatic rings. The molecule has 0 fully saturated rings. The van der Waals surface area contributed by atoms with Gasteiger partial charge in [0.2, 0.25) is 5.91 Å². The Morgan fingerprint density at radius 3 is 2.42 bits per heavy atom. The molecule has 0 saturated carbocycles.